The molecule has 1 aromatic heterocycles. The standard InChI is InChI=1S/C14H20N4O3S.ClH/c1-17-12-4-3-11(9-13(12)18(2)14(17)19)22(20,21)16-10-5-7-15-8-6-10;/h3-4,9-10,15-16H,5-8H2,1-2H3;1H. The highest BCUT2D eigenvalue weighted by molar-refractivity contribution is 7.89. The van der Waals surface area contributed by atoms with E-state index in [0.717, 1.165) is 25.9 Å². The molecular weight excluding hydrogens is 340 g/mol. The van der Waals surface area contributed by atoms with E-state index >= 15 is 0 Å². The van der Waals surface area contributed by atoms with Gasteiger partial charge in [0.25, 0.3) is 0 Å². The van der Waals surface area contributed by atoms with Crippen molar-refractivity contribution < 1.29 is 8.42 Å². The van der Waals surface area contributed by atoms with E-state index < -0.39 is 10.0 Å². The Hall–Kier alpha value is -1.35. The van der Waals surface area contributed by atoms with E-state index in [-0.39, 0.29) is 29.0 Å². The predicted octanol–water partition coefficient (Wildman–Crippen LogP) is 0.329. The molecule has 1 aliphatic heterocycles. The Kier molecular flexibility index (Phi) is 5.20. The van der Waals surface area contributed by atoms with Gasteiger partial charge in [0.2, 0.25) is 10.0 Å². The molecule has 3 rings (SSSR count). The molecule has 0 bridgehead atoms. The van der Waals surface area contributed by atoms with Gasteiger partial charge in [-0.05, 0) is 44.1 Å². The third-order valence-electron chi connectivity index (χ3n) is 4.21. The average molecular weight is 361 g/mol. The summed E-state index contributed by atoms with van der Waals surface area (Å²) in [6.07, 6.45) is 1.57. The molecule has 7 nitrogen and oxygen atoms in total. The normalized spacial score (nSPS) is 16.4. The van der Waals surface area contributed by atoms with Gasteiger partial charge < -0.3 is 5.32 Å². The summed E-state index contributed by atoms with van der Waals surface area (Å²) >= 11 is 0. The van der Waals surface area contributed by atoms with Crippen LogP contribution in [0.25, 0.3) is 11.0 Å². The number of aryl methyl sites for hydroxylation is 2. The fourth-order valence-electron chi connectivity index (χ4n) is 2.88. The lowest BCUT2D eigenvalue weighted by molar-refractivity contribution is 0.427. The molecular formula is C14H21ClN4O3S. The van der Waals surface area contributed by atoms with Crippen molar-refractivity contribution in [3.8, 4) is 0 Å². The van der Waals surface area contributed by atoms with Crippen molar-refractivity contribution in [2.75, 3.05) is 13.1 Å². The largest absolute Gasteiger partial charge is 0.328 e. The highest BCUT2D eigenvalue weighted by atomic mass is 35.5. The lowest BCUT2D eigenvalue weighted by Gasteiger charge is -2.23. The van der Waals surface area contributed by atoms with Crippen LogP contribution in [-0.2, 0) is 24.1 Å². The van der Waals surface area contributed by atoms with Crippen LogP contribution >= 0.6 is 12.4 Å². The maximum atomic E-state index is 12.5. The molecule has 9 heteroatoms. The minimum Gasteiger partial charge on any atom is -0.317 e. The number of nitrogens with zero attached hydrogens (tertiary/aromatic N) is 2. The Balaban J connectivity index is 0.00000192. The smallest absolute Gasteiger partial charge is 0.317 e. The first-order chi connectivity index (χ1) is 10.4. The number of hydrogen-bond donors (Lipinski definition) is 2. The van der Waals surface area contributed by atoms with Crippen molar-refractivity contribution in [3.63, 3.8) is 0 Å². The molecule has 0 unspecified atom stereocenters. The van der Waals surface area contributed by atoms with E-state index in [1.54, 1.807) is 32.3 Å². The number of benzene rings is 1. The number of piperidine rings is 1. The van der Waals surface area contributed by atoms with Crippen molar-refractivity contribution in [3.05, 3.63) is 28.7 Å². The number of sulfonamides is 1. The summed E-state index contributed by atoms with van der Waals surface area (Å²) in [5, 5.41) is 3.21. The SMILES string of the molecule is Cl.Cn1c(=O)n(C)c2cc(S(=O)(=O)NC3CCNCC3)ccc21. The Labute approximate surface area is 141 Å². The van der Waals surface area contributed by atoms with Gasteiger partial charge in [0.15, 0.2) is 0 Å². The summed E-state index contributed by atoms with van der Waals surface area (Å²) in [7, 11) is -0.261. The van der Waals surface area contributed by atoms with Gasteiger partial charge in [0.1, 0.15) is 0 Å². The number of nitrogens with one attached hydrogen (secondary N) is 2. The second-order valence-electron chi connectivity index (χ2n) is 5.70. The van der Waals surface area contributed by atoms with Gasteiger partial charge in [0.05, 0.1) is 15.9 Å². The number of halogens is 1. The molecule has 1 aliphatic rings. The van der Waals surface area contributed by atoms with Crippen LogP contribution in [0.1, 0.15) is 12.8 Å². The Morgan fingerprint density at radius 2 is 1.74 bits per heavy atom. The molecule has 1 saturated heterocycles. The van der Waals surface area contributed by atoms with Crippen molar-refractivity contribution in [2.24, 2.45) is 14.1 Å². The van der Waals surface area contributed by atoms with Crippen LogP contribution in [0.3, 0.4) is 0 Å². The fraction of sp³-hybridized carbons (Fsp3) is 0.500. The van der Waals surface area contributed by atoms with Crippen LogP contribution in [0, 0.1) is 0 Å². The van der Waals surface area contributed by atoms with Gasteiger partial charge in [-0.2, -0.15) is 0 Å². The number of aromatic nitrogens is 2. The molecule has 0 saturated carbocycles. The van der Waals surface area contributed by atoms with Crippen molar-refractivity contribution in [1.29, 1.82) is 0 Å². The minimum atomic E-state index is -3.57. The second kappa shape index (κ2) is 6.64. The van der Waals surface area contributed by atoms with Crippen LogP contribution in [0.15, 0.2) is 27.9 Å². The Morgan fingerprint density at radius 1 is 1.13 bits per heavy atom. The summed E-state index contributed by atoms with van der Waals surface area (Å²) in [4.78, 5) is 12.1. The monoisotopic (exact) mass is 360 g/mol. The van der Waals surface area contributed by atoms with Gasteiger partial charge in [-0.1, -0.05) is 0 Å². The topological polar surface area (TPSA) is 85.1 Å². The lowest BCUT2D eigenvalue weighted by atomic mass is 10.1. The van der Waals surface area contributed by atoms with E-state index in [0.29, 0.717) is 11.0 Å². The van der Waals surface area contributed by atoms with E-state index in [1.807, 2.05) is 0 Å². The number of fused-ring (bicyclic) bond motifs is 1. The van der Waals surface area contributed by atoms with E-state index in [1.165, 1.54) is 9.13 Å². The quantitative estimate of drug-likeness (QED) is 0.826. The molecule has 1 aromatic carbocycles. The first kappa shape index (κ1) is 18.0. The van der Waals surface area contributed by atoms with Crippen LogP contribution < -0.4 is 15.7 Å². The molecule has 0 atom stereocenters. The molecule has 0 radical (unpaired) electrons. The third kappa shape index (κ3) is 3.30. The van der Waals surface area contributed by atoms with Crippen LogP contribution in [0.5, 0.6) is 0 Å². The molecule has 2 heterocycles. The molecule has 2 aromatic rings. The van der Waals surface area contributed by atoms with Gasteiger partial charge in [-0.3, -0.25) is 9.13 Å². The molecule has 1 fully saturated rings. The zero-order valence-corrected chi connectivity index (χ0v) is 14.7. The summed E-state index contributed by atoms with van der Waals surface area (Å²) in [5.74, 6) is 0. The first-order valence-electron chi connectivity index (χ1n) is 7.28. The number of hydrogen-bond acceptors (Lipinski definition) is 4. The molecule has 0 aliphatic carbocycles. The highest BCUT2D eigenvalue weighted by Gasteiger charge is 2.22. The Morgan fingerprint density at radius 3 is 2.39 bits per heavy atom. The second-order valence-corrected chi connectivity index (χ2v) is 7.41. The zero-order chi connectivity index (χ0) is 15.9. The molecule has 0 amide bonds. The minimum absolute atomic E-state index is 0. The predicted molar refractivity (Wildman–Crippen MR) is 91.6 cm³/mol. The number of rotatable bonds is 3. The van der Waals surface area contributed by atoms with E-state index in [9.17, 15) is 13.2 Å². The molecule has 2 N–H and O–H groups in total. The highest BCUT2D eigenvalue weighted by Crippen LogP contribution is 2.18. The van der Waals surface area contributed by atoms with Gasteiger partial charge in [-0.15, -0.1) is 12.4 Å². The molecule has 0 spiro atoms. The number of imidazole rings is 1. The van der Waals surface area contributed by atoms with E-state index in [2.05, 4.69) is 10.0 Å². The van der Waals surface area contributed by atoms with Crippen LogP contribution in [0.2, 0.25) is 0 Å². The first-order valence-corrected chi connectivity index (χ1v) is 8.77. The van der Waals surface area contributed by atoms with Crippen LogP contribution in [0.4, 0.5) is 0 Å². The maximum absolute atomic E-state index is 12.5. The average Bonchev–Trinajstić information content (AvgIpc) is 2.72. The Bertz CT molecular complexity index is 866. The van der Waals surface area contributed by atoms with E-state index in [4.69, 9.17) is 0 Å². The summed E-state index contributed by atoms with van der Waals surface area (Å²) in [6, 6.07) is 4.74. The summed E-state index contributed by atoms with van der Waals surface area (Å²) < 4.78 is 30.8. The maximum Gasteiger partial charge on any atom is 0.328 e. The fourth-order valence-corrected chi connectivity index (χ4v) is 4.21. The zero-order valence-electron chi connectivity index (χ0n) is 13.1. The molecule has 128 valence electrons. The van der Waals surface area contributed by atoms with Crippen LogP contribution in [-0.4, -0.2) is 36.7 Å². The summed E-state index contributed by atoms with van der Waals surface area (Å²) in [5.41, 5.74) is 1.16. The summed E-state index contributed by atoms with van der Waals surface area (Å²) in [6.45, 7) is 1.64. The van der Waals surface area contributed by atoms with Crippen molar-refractivity contribution in [1.82, 2.24) is 19.2 Å². The van der Waals surface area contributed by atoms with Gasteiger partial charge >= 0.3 is 5.69 Å². The van der Waals surface area contributed by atoms with Gasteiger partial charge in [0, 0.05) is 20.1 Å². The molecule has 23 heavy (non-hydrogen) atoms. The third-order valence-corrected chi connectivity index (χ3v) is 5.73. The lowest BCUT2D eigenvalue weighted by Crippen LogP contribution is -2.42. The van der Waals surface area contributed by atoms with Gasteiger partial charge in [-0.25, -0.2) is 17.9 Å². The van der Waals surface area contributed by atoms with Crippen molar-refractivity contribution >= 4 is 33.5 Å². The van der Waals surface area contributed by atoms with Crippen molar-refractivity contribution in [2.45, 2.75) is 23.8 Å².